The van der Waals surface area contributed by atoms with E-state index in [0.717, 1.165) is 0 Å². The Kier molecular flexibility index (Phi) is 3.74. The Bertz CT molecular complexity index is 1050. The molecule has 1 aromatic carbocycles. The second-order valence-electron chi connectivity index (χ2n) is 5.37. The zero-order valence-electron chi connectivity index (χ0n) is 13.0. The van der Waals surface area contributed by atoms with Gasteiger partial charge >= 0.3 is 0 Å². The van der Waals surface area contributed by atoms with Crippen LogP contribution in [0.15, 0.2) is 65.2 Å². The van der Waals surface area contributed by atoms with Gasteiger partial charge < -0.3 is 9.73 Å². The molecule has 1 amide bonds. The molecule has 124 valence electrons. The number of nitrogens with zero attached hydrogens (tertiary/aromatic N) is 3. The predicted octanol–water partition coefficient (Wildman–Crippen LogP) is 3.06. The number of hydrogen-bond donors (Lipinski definition) is 1. The fourth-order valence-corrected chi connectivity index (χ4v) is 2.52. The number of hydrogen-bond acceptors (Lipinski definition) is 4. The lowest BCUT2D eigenvalue weighted by atomic mass is 10.1. The van der Waals surface area contributed by atoms with Gasteiger partial charge in [-0.15, -0.1) is 10.2 Å². The van der Waals surface area contributed by atoms with Crippen molar-refractivity contribution in [3.8, 4) is 11.3 Å². The Hall–Kier alpha value is -3.48. The number of furan rings is 1. The summed E-state index contributed by atoms with van der Waals surface area (Å²) < 4.78 is 21.0. The number of pyridine rings is 1. The van der Waals surface area contributed by atoms with E-state index in [1.165, 1.54) is 12.1 Å². The molecular weight excluding hydrogens is 323 g/mol. The number of rotatable bonds is 4. The van der Waals surface area contributed by atoms with Gasteiger partial charge in [-0.05, 0) is 36.4 Å². The maximum Gasteiger partial charge on any atom is 0.287 e. The Balaban J connectivity index is 1.50. The lowest BCUT2D eigenvalue weighted by Crippen LogP contribution is -2.23. The van der Waals surface area contributed by atoms with Gasteiger partial charge in [0.15, 0.2) is 17.2 Å². The summed E-state index contributed by atoms with van der Waals surface area (Å²) in [6, 6.07) is 14.9. The molecule has 3 aromatic heterocycles. The third kappa shape index (κ3) is 2.87. The van der Waals surface area contributed by atoms with Crippen molar-refractivity contribution in [3.63, 3.8) is 0 Å². The summed E-state index contributed by atoms with van der Waals surface area (Å²) in [5.74, 6) is 0.196. The van der Waals surface area contributed by atoms with Gasteiger partial charge in [0.1, 0.15) is 11.6 Å². The van der Waals surface area contributed by atoms with E-state index in [9.17, 15) is 9.18 Å². The summed E-state index contributed by atoms with van der Waals surface area (Å²) in [4.78, 5) is 12.2. The molecule has 4 rings (SSSR count). The molecule has 0 saturated heterocycles. The number of halogens is 1. The highest BCUT2D eigenvalue weighted by Crippen LogP contribution is 2.24. The quantitative estimate of drug-likeness (QED) is 0.622. The average Bonchev–Trinajstić information content (AvgIpc) is 3.27. The lowest BCUT2D eigenvalue weighted by Gasteiger charge is -2.02. The number of carbonyl (C=O) groups is 1. The van der Waals surface area contributed by atoms with Gasteiger partial charge in [0, 0.05) is 6.20 Å². The van der Waals surface area contributed by atoms with E-state index in [1.54, 1.807) is 28.7 Å². The van der Waals surface area contributed by atoms with Gasteiger partial charge in [0.25, 0.3) is 5.91 Å². The van der Waals surface area contributed by atoms with Crippen LogP contribution in [0.3, 0.4) is 0 Å². The molecule has 1 N–H and O–H groups in total. The van der Waals surface area contributed by atoms with Crippen molar-refractivity contribution in [1.29, 1.82) is 0 Å². The van der Waals surface area contributed by atoms with Crippen LogP contribution in [0.1, 0.15) is 16.4 Å². The van der Waals surface area contributed by atoms with Crippen LogP contribution in [-0.2, 0) is 6.54 Å². The molecule has 7 heteroatoms. The van der Waals surface area contributed by atoms with Gasteiger partial charge in [-0.3, -0.25) is 9.20 Å². The minimum atomic E-state index is -0.407. The van der Waals surface area contributed by atoms with Crippen LogP contribution < -0.4 is 5.32 Å². The summed E-state index contributed by atoms with van der Waals surface area (Å²) in [5, 5.41) is 10.8. The van der Waals surface area contributed by atoms with E-state index in [1.807, 2.05) is 24.4 Å². The van der Waals surface area contributed by atoms with Crippen LogP contribution in [0.25, 0.3) is 17.0 Å². The highest BCUT2D eigenvalue weighted by Gasteiger charge is 2.15. The number of fused-ring (bicyclic) bond motifs is 1. The third-order valence-electron chi connectivity index (χ3n) is 3.76. The standard InChI is InChI=1S/C18H13FN4O2/c19-13-6-2-1-5-12(13)14-8-9-15(25-14)18(24)20-11-17-22-21-16-7-3-4-10-23(16)17/h1-10H,11H2,(H,20,24). The van der Waals surface area contributed by atoms with Crippen molar-refractivity contribution < 1.29 is 13.6 Å². The first-order chi connectivity index (χ1) is 12.2. The zero-order chi connectivity index (χ0) is 17.2. The van der Waals surface area contributed by atoms with Crippen LogP contribution >= 0.6 is 0 Å². The Morgan fingerprint density at radius 3 is 2.80 bits per heavy atom. The topological polar surface area (TPSA) is 72.4 Å². The van der Waals surface area contributed by atoms with Gasteiger partial charge in [-0.1, -0.05) is 18.2 Å². The van der Waals surface area contributed by atoms with E-state index >= 15 is 0 Å². The summed E-state index contributed by atoms with van der Waals surface area (Å²) in [5.41, 5.74) is 1.01. The molecule has 25 heavy (non-hydrogen) atoms. The summed E-state index contributed by atoms with van der Waals surface area (Å²) in [6.07, 6.45) is 1.82. The monoisotopic (exact) mass is 336 g/mol. The molecular formula is C18H13FN4O2. The molecule has 0 bridgehead atoms. The van der Waals surface area contributed by atoms with Crippen molar-refractivity contribution in [2.75, 3.05) is 0 Å². The smallest absolute Gasteiger partial charge is 0.287 e. The van der Waals surface area contributed by atoms with Crippen LogP contribution in [-0.4, -0.2) is 20.5 Å². The van der Waals surface area contributed by atoms with Crippen LogP contribution in [0.2, 0.25) is 0 Å². The third-order valence-corrected chi connectivity index (χ3v) is 3.76. The summed E-state index contributed by atoms with van der Waals surface area (Å²) in [6.45, 7) is 0.194. The number of amides is 1. The van der Waals surface area contributed by atoms with Crippen molar-refractivity contribution in [3.05, 3.63) is 78.2 Å². The molecule has 4 aromatic rings. The predicted molar refractivity (Wildman–Crippen MR) is 88.3 cm³/mol. The molecule has 0 unspecified atom stereocenters. The second kappa shape index (κ2) is 6.20. The first-order valence-electron chi connectivity index (χ1n) is 7.64. The number of aromatic nitrogens is 3. The fraction of sp³-hybridized carbons (Fsp3) is 0.0556. The fourth-order valence-electron chi connectivity index (χ4n) is 2.52. The normalized spacial score (nSPS) is 10.9. The average molecular weight is 336 g/mol. The molecule has 0 aliphatic carbocycles. The maximum absolute atomic E-state index is 13.8. The minimum Gasteiger partial charge on any atom is -0.451 e. The SMILES string of the molecule is O=C(NCc1nnc2ccccn12)c1ccc(-c2ccccc2F)o1. The zero-order valence-corrected chi connectivity index (χ0v) is 13.0. The molecule has 0 fully saturated rings. The molecule has 0 aliphatic heterocycles. The van der Waals surface area contributed by atoms with Gasteiger partial charge in [0.2, 0.25) is 0 Å². The summed E-state index contributed by atoms with van der Waals surface area (Å²) in [7, 11) is 0. The van der Waals surface area contributed by atoms with Gasteiger partial charge in [-0.25, -0.2) is 4.39 Å². The van der Waals surface area contributed by atoms with Crippen LogP contribution in [0.5, 0.6) is 0 Å². The van der Waals surface area contributed by atoms with Crippen molar-refractivity contribution in [2.24, 2.45) is 0 Å². The molecule has 0 saturated carbocycles. The van der Waals surface area contributed by atoms with E-state index in [4.69, 9.17) is 4.42 Å². The lowest BCUT2D eigenvalue weighted by molar-refractivity contribution is 0.0923. The second-order valence-corrected chi connectivity index (χ2v) is 5.37. The van der Waals surface area contributed by atoms with Crippen LogP contribution in [0, 0.1) is 5.82 Å². The molecule has 0 radical (unpaired) electrons. The van der Waals surface area contributed by atoms with Crippen molar-refractivity contribution >= 4 is 11.6 Å². The molecule has 0 atom stereocenters. The highest BCUT2D eigenvalue weighted by molar-refractivity contribution is 5.92. The van der Waals surface area contributed by atoms with Gasteiger partial charge in [-0.2, -0.15) is 0 Å². The Morgan fingerprint density at radius 1 is 1.08 bits per heavy atom. The van der Waals surface area contributed by atoms with E-state index < -0.39 is 11.7 Å². The maximum atomic E-state index is 13.8. The summed E-state index contributed by atoms with van der Waals surface area (Å²) >= 11 is 0. The molecule has 6 nitrogen and oxygen atoms in total. The number of benzene rings is 1. The Morgan fingerprint density at radius 2 is 1.92 bits per heavy atom. The van der Waals surface area contributed by atoms with Crippen molar-refractivity contribution in [1.82, 2.24) is 19.9 Å². The van der Waals surface area contributed by atoms with E-state index in [-0.39, 0.29) is 12.3 Å². The van der Waals surface area contributed by atoms with Gasteiger partial charge in [0.05, 0.1) is 12.1 Å². The largest absolute Gasteiger partial charge is 0.451 e. The highest BCUT2D eigenvalue weighted by atomic mass is 19.1. The van der Waals surface area contributed by atoms with Crippen molar-refractivity contribution in [2.45, 2.75) is 6.54 Å². The van der Waals surface area contributed by atoms with Crippen LogP contribution in [0.4, 0.5) is 4.39 Å². The first kappa shape index (κ1) is 15.1. The number of carbonyl (C=O) groups excluding carboxylic acids is 1. The Labute approximate surface area is 141 Å². The molecule has 0 spiro atoms. The van der Waals surface area contributed by atoms with E-state index in [2.05, 4.69) is 15.5 Å². The molecule has 0 aliphatic rings. The first-order valence-corrected chi connectivity index (χ1v) is 7.64. The molecule has 3 heterocycles. The number of nitrogens with one attached hydrogen (secondary N) is 1. The van der Waals surface area contributed by atoms with E-state index in [0.29, 0.717) is 22.8 Å². The minimum absolute atomic E-state index is 0.104.